The van der Waals surface area contributed by atoms with Gasteiger partial charge in [-0.2, -0.15) is 5.10 Å². The molecular weight excluding hydrogens is 352 g/mol. The fourth-order valence-corrected chi connectivity index (χ4v) is 4.82. The fourth-order valence-electron chi connectivity index (χ4n) is 3.29. The van der Waals surface area contributed by atoms with E-state index in [2.05, 4.69) is 10.1 Å². The number of hydrogen-bond acceptors (Lipinski definition) is 5. The van der Waals surface area contributed by atoms with Gasteiger partial charge < -0.3 is 4.74 Å². The van der Waals surface area contributed by atoms with Gasteiger partial charge in [0, 0.05) is 18.6 Å². The third kappa shape index (κ3) is 2.52. The highest BCUT2D eigenvalue weighted by Crippen LogP contribution is 2.37. The summed E-state index contributed by atoms with van der Waals surface area (Å²) in [6.45, 7) is 5.91. The normalized spacial score (nSPS) is 17.2. The molecule has 26 heavy (non-hydrogen) atoms. The largest absolute Gasteiger partial charge is 0.487 e. The molecule has 0 radical (unpaired) electrons. The summed E-state index contributed by atoms with van der Waals surface area (Å²) < 4.78 is 35.6. The van der Waals surface area contributed by atoms with Crippen molar-refractivity contribution in [2.45, 2.75) is 31.8 Å². The van der Waals surface area contributed by atoms with Crippen molar-refractivity contribution in [2.75, 3.05) is 10.8 Å². The molecule has 0 fully saturated rings. The van der Waals surface area contributed by atoms with E-state index >= 15 is 0 Å². The van der Waals surface area contributed by atoms with Crippen LogP contribution in [0.1, 0.15) is 18.2 Å². The zero-order chi connectivity index (χ0) is 18.6. The van der Waals surface area contributed by atoms with Crippen molar-refractivity contribution in [3.63, 3.8) is 0 Å². The van der Waals surface area contributed by atoms with E-state index in [1.807, 2.05) is 32.9 Å². The van der Waals surface area contributed by atoms with E-state index in [-0.39, 0.29) is 17.5 Å². The summed E-state index contributed by atoms with van der Waals surface area (Å²) >= 11 is 0. The number of anilines is 1. The Hall–Kier alpha value is -2.61. The highest BCUT2D eigenvalue weighted by molar-refractivity contribution is 7.92. The Morgan fingerprint density at radius 1 is 1.23 bits per heavy atom. The van der Waals surface area contributed by atoms with Gasteiger partial charge in [0.15, 0.2) is 5.65 Å². The van der Waals surface area contributed by atoms with E-state index in [4.69, 9.17) is 4.74 Å². The summed E-state index contributed by atoms with van der Waals surface area (Å²) in [7, 11) is -1.98. The molecule has 3 aromatic rings. The van der Waals surface area contributed by atoms with Crippen molar-refractivity contribution < 1.29 is 13.2 Å². The lowest BCUT2D eigenvalue weighted by molar-refractivity contribution is 0.219. The molecule has 2 aromatic heterocycles. The zero-order valence-electron chi connectivity index (χ0n) is 15.1. The molecule has 1 atom stereocenters. The lowest BCUT2D eigenvalue weighted by Gasteiger charge is -2.34. The van der Waals surface area contributed by atoms with E-state index in [9.17, 15) is 8.42 Å². The second-order valence-electron chi connectivity index (χ2n) is 6.69. The van der Waals surface area contributed by atoms with Gasteiger partial charge in [0.05, 0.1) is 17.9 Å². The van der Waals surface area contributed by atoms with E-state index < -0.39 is 10.0 Å². The van der Waals surface area contributed by atoms with E-state index in [1.165, 1.54) is 10.5 Å². The van der Waals surface area contributed by atoms with Crippen LogP contribution in [-0.4, -0.2) is 35.8 Å². The molecule has 0 N–H and O–H groups in total. The number of benzene rings is 1. The van der Waals surface area contributed by atoms with Gasteiger partial charge in [0.1, 0.15) is 16.7 Å². The fraction of sp³-hybridized carbons (Fsp3) is 0.333. The summed E-state index contributed by atoms with van der Waals surface area (Å²) in [5, 5.41) is 5.04. The van der Waals surface area contributed by atoms with Crippen LogP contribution in [0, 0.1) is 13.8 Å². The molecule has 136 valence electrons. The Morgan fingerprint density at radius 2 is 2.00 bits per heavy atom. The van der Waals surface area contributed by atoms with Crippen molar-refractivity contribution >= 4 is 26.7 Å². The standard InChI is InChI=1S/C18H20N4O3S/c1-11-5-6-16-17(7-11)25-12(2)10-22(16)26(23,24)14-8-15-13(3)20-21(4)18(15)19-9-14/h5-9,12H,10H2,1-4H3. The van der Waals surface area contributed by atoms with Crippen LogP contribution >= 0.6 is 0 Å². The van der Waals surface area contributed by atoms with Crippen LogP contribution in [0.2, 0.25) is 0 Å². The first-order chi connectivity index (χ1) is 12.3. The van der Waals surface area contributed by atoms with Gasteiger partial charge >= 0.3 is 0 Å². The molecule has 0 spiro atoms. The Balaban J connectivity index is 1.86. The first-order valence-electron chi connectivity index (χ1n) is 8.37. The van der Waals surface area contributed by atoms with Gasteiger partial charge in [0.2, 0.25) is 0 Å². The van der Waals surface area contributed by atoms with Crippen LogP contribution in [0.25, 0.3) is 11.0 Å². The molecule has 1 aliphatic heterocycles. The average Bonchev–Trinajstić information content (AvgIpc) is 2.87. The number of sulfonamides is 1. The second-order valence-corrected chi connectivity index (χ2v) is 8.55. The number of fused-ring (bicyclic) bond motifs is 2. The highest BCUT2D eigenvalue weighted by Gasteiger charge is 2.33. The van der Waals surface area contributed by atoms with Gasteiger partial charge in [0.25, 0.3) is 10.0 Å². The molecule has 1 aromatic carbocycles. The van der Waals surface area contributed by atoms with Crippen LogP contribution < -0.4 is 9.04 Å². The van der Waals surface area contributed by atoms with Crippen LogP contribution in [0.4, 0.5) is 5.69 Å². The van der Waals surface area contributed by atoms with Crippen LogP contribution in [0.3, 0.4) is 0 Å². The maximum absolute atomic E-state index is 13.3. The molecule has 7 nitrogen and oxygen atoms in total. The minimum absolute atomic E-state index is 0.154. The monoisotopic (exact) mass is 372 g/mol. The van der Waals surface area contributed by atoms with E-state index in [0.29, 0.717) is 17.1 Å². The van der Waals surface area contributed by atoms with Crippen molar-refractivity contribution in [3.8, 4) is 5.75 Å². The molecule has 0 saturated heterocycles. The number of nitrogens with zero attached hydrogens (tertiary/aromatic N) is 4. The maximum Gasteiger partial charge on any atom is 0.266 e. The molecule has 1 aliphatic rings. The van der Waals surface area contributed by atoms with Crippen LogP contribution in [0.15, 0.2) is 35.4 Å². The van der Waals surface area contributed by atoms with Crippen LogP contribution in [0.5, 0.6) is 5.75 Å². The number of ether oxygens (including phenoxy) is 1. The van der Waals surface area contributed by atoms with Gasteiger partial charge in [-0.25, -0.2) is 13.4 Å². The molecule has 0 aliphatic carbocycles. The third-order valence-electron chi connectivity index (χ3n) is 4.56. The van der Waals surface area contributed by atoms with Crippen molar-refractivity contribution in [1.82, 2.24) is 14.8 Å². The minimum atomic E-state index is -3.77. The van der Waals surface area contributed by atoms with Crippen molar-refractivity contribution in [2.24, 2.45) is 7.05 Å². The molecule has 0 bridgehead atoms. The van der Waals surface area contributed by atoms with Crippen molar-refractivity contribution in [1.29, 1.82) is 0 Å². The average molecular weight is 372 g/mol. The smallest absolute Gasteiger partial charge is 0.266 e. The Morgan fingerprint density at radius 3 is 2.77 bits per heavy atom. The summed E-state index contributed by atoms with van der Waals surface area (Å²) in [6.07, 6.45) is 1.16. The Bertz CT molecular complexity index is 1120. The molecule has 0 saturated carbocycles. The summed E-state index contributed by atoms with van der Waals surface area (Å²) in [4.78, 5) is 4.47. The predicted molar refractivity (Wildman–Crippen MR) is 99.0 cm³/mol. The van der Waals surface area contributed by atoms with Gasteiger partial charge in [-0.1, -0.05) is 6.07 Å². The van der Waals surface area contributed by atoms with Gasteiger partial charge in [-0.15, -0.1) is 0 Å². The quantitative estimate of drug-likeness (QED) is 0.691. The number of rotatable bonds is 2. The minimum Gasteiger partial charge on any atom is -0.487 e. The van der Waals surface area contributed by atoms with Gasteiger partial charge in [-0.3, -0.25) is 8.99 Å². The lowest BCUT2D eigenvalue weighted by Crippen LogP contribution is -2.42. The first-order valence-corrected chi connectivity index (χ1v) is 9.81. The number of pyridine rings is 1. The lowest BCUT2D eigenvalue weighted by atomic mass is 10.2. The Labute approximate surface area is 152 Å². The third-order valence-corrected chi connectivity index (χ3v) is 6.31. The van der Waals surface area contributed by atoms with E-state index in [0.717, 1.165) is 16.6 Å². The number of aryl methyl sites for hydroxylation is 3. The van der Waals surface area contributed by atoms with Crippen LogP contribution in [-0.2, 0) is 17.1 Å². The summed E-state index contributed by atoms with van der Waals surface area (Å²) in [5.41, 5.74) is 2.98. The summed E-state index contributed by atoms with van der Waals surface area (Å²) in [6, 6.07) is 7.18. The second kappa shape index (κ2) is 5.70. The highest BCUT2D eigenvalue weighted by atomic mass is 32.2. The molecule has 8 heteroatoms. The first kappa shape index (κ1) is 16.8. The molecule has 3 heterocycles. The molecule has 0 amide bonds. The molecule has 1 unspecified atom stereocenters. The number of hydrogen-bond donors (Lipinski definition) is 0. The Kier molecular flexibility index (Phi) is 3.69. The molecule has 4 rings (SSSR count). The zero-order valence-corrected chi connectivity index (χ0v) is 15.9. The molecular formula is C18H20N4O3S. The maximum atomic E-state index is 13.3. The predicted octanol–water partition coefficient (Wildman–Crippen LogP) is 2.56. The summed E-state index contributed by atoms with van der Waals surface area (Å²) in [5.74, 6) is 0.582. The van der Waals surface area contributed by atoms with Gasteiger partial charge in [-0.05, 0) is 44.5 Å². The van der Waals surface area contributed by atoms with Crippen molar-refractivity contribution in [3.05, 3.63) is 41.7 Å². The number of aromatic nitrogens is 3. The van der Waals surface area contributed by atoms with E-state index in [1.54, 1.807) is 23.9 Å². The SMILES string of the molecule is Cc1ccc2c(c1)OC(C)CN2S(=O)(=O)c1cnc2c(c1)c(C)nn2C. The topological polar surface area (TPSA) is 77.3 Å².